The Morgan fingerprint density at radius 1 is 0.762 bits per heavy atom. The molecule has 0 aromatic rings. The molecule has 1 aliphatic rings. The van der Waals surface area contributed by atoms with E-state index in [0.29, 0.717) is 6.17 Å². The summed E-state index contributed by atoms with van der Waals surface area (Å²) in [6, 6.07) is 0. The zero-order valence-electron chi connectivity index (χ0n) is 14.0. The predicted molar refractivity (Wildman–Crippen MR) is 90.0 cm³/mol. The first-order valence-electron chi connectivity index (χ1n) is 9.20. The third-order valence-corrected chi connectivity index (χ3v) is 4.36. The number of rotatable bonds is 13. The summed E-state index contributed by atoms with van der Waals surface area (Å²) >= 11 is 0. The smallest absolute Gasteiger partial charge is 0.0615 e. The van der Waals surface area contributed by atoms with Crippen molar-refractivity contribution in [3.8, 4) is 0 Å². The molecule has 126 valence electrons. The maximum Gasteiger partial charge on any atom is 0.0615 e. The molecule has 0 aromatic carbocycles. The molecule has 0 saturated carbocycles. The van der Waals surface area contributed by atoms with Gasteiger partial charge in [0.1, 0.15) is 0 Å². The summed E-state index contributed by atoms with van der Waals surface area (Å²) in [7, 11) is 0. The van der Waals surface area contributed by atoms with Crippen LogP contribution in [0.1, 0.15) is 84.0 Å². The van der Waals surface area contributed by atoms with Crippen LogP contribution in [0.2, 0.25) is 0 Å². The molecule has 1 aliphatic heterocycles. The molecule has 1 saturated heterocycles. The van der Waals surface area contributed by atoms with E-state index >= 15 is 0 Å². The van der Waals surface area contributed by atoms with Gasteiger partial charge in [-0.25, -0.2) is 0 Å². The molecule has 2 unspecified atom stereocenters. The minimum absolute atomic E-state index is 0.246. The van der Waals surface area contributed by atoms with Crippen LogP contribution in [-0.2, 0) is 0 Å². The van der Waals surface area contributed by atoms with Gasteiger partial charge < -0.3 is 5.11 Å². The highest BCUT2D eigenvalue weighted by atomic mass is 16.3. The molecular formula is C17H37N3O. The summed E-state index contributed by atoms with van der Waals surface area (Å²) in [5, 5.41) is 19.2. The molecule has 4 heteroatoms. The lowest BCUT2D eigenvalue weighted by molar-refractivity contribution is 0.196. The zero-order chi connectivity index (χ0) is 15.2. The Kier molecular flexibility index (Phi) is 12.1. The van der Waals surface area contributed by atoms with E-state index in [4.69, 9.17) is 5.11 Å². The van der Waals surface area contributed by atoms with Crippen molar-refractivity contribution in [2.75, 3.05) is 13.3 Å². The van der Waals surface area contributed by atoms with Crippen molar-refractivity contribution < 1.29 is 5.11 Å². The number of nitrogens with one attached hydrogen (secondary N) is 3. The van der Waals surface area contributed by atoms with Crippen molar-refractivity contribution in [2.24, 2.45) is 0 Å². The predicted octanol–water partition coefficient (Wildman–Crippen LogP) is 3.07. The first kappa shape index (κ1) is 18.9. The molecule has 4 nitrogen and oxygen atoms in total. The third-order valence-electron chi connectivity index (χ3n) is 4.36. The molecule has 4 N–H and O–H groups in total. The van der Waals surface area contributed by atoms with E-state index in [1.165, 1.54) is 70.6 Å². The second-order valence-corrected chi connectivity index (χ2v) is 6.34. The van der Waals surface area contributed by atoms with Gasteiger partial charge in [0.2, 0.25) is 0 Å². The second-order valence-electron chi connectivity index (χ2n) is 6.34. The Morgan fingerprint density at radius 3 is 1.86 bits per heavy atom. The first-order valence-corrected chi connectivity index (χ1v) is 9.20. The molecule has 1 heterocycles. The SMILES string of the molecule is CCCCCCCCCCCCC1NCNC(CCO)N1. The van der Waals surface area contributed by atoms with E-state index in [0.717, 1.165) is 13.1 Å². The minimum Gasteiger partial charge on any atom is -0.396 e. The Hall–Kier alpha value is -0.160. The highest BCUT2D eigenvalue weighted by Crippen LogP contribution is 2.12. The van der Waals surface area contributed by atoms with Gasteiger partial charge in [0.05, 0.1) is 12.3 Å². The molecule has 0 aromatic heterocycles. The van der Waals surface area contributed by atoms with Gasteiger partial charge >= 0.3 is 0 Å². The zero-order valence-corrected chi connectivity index (χ0v) is 14.0. The van der Waals surface area contributed by atoms with Gasteiger partial charge in [0.15, 0.2) is 0 Å². The van der Waals surface area contributed by atoms with Crippen LogP contribution in [0.4, 0.5) is 0 Å². The average Bonchev–Trinajstić information content (AvgIpc) is 2.50. The van der Waals surface area contributed by atoms with E-state index in [1.54, 1.807) is 0 Å². The van der Waals surface area contributed by atoms with Gasteiger partial charge in [-0.15, -0.1) is 0 Å². The van der Waals surface area contributed by atoms with Gasteiger partial charge in [0.25, 0.3) is 0 Å². The summed E-state index contributed by atoms with van der Waals surface area (Å²) < 4.78 is 0. The number of unbranched alkanes of at least 4 members (excludes halogenated alkanes) is 9. The molecule has 21 heavy (non-hydrogen) atoms. The van der Waals surface area contributed by atoms with Gasteiger partial charge in [-0.05, 0) is 12.8 Å². The Balaban J connectivity index is 1.85. The largest absolute Gasteiger partial charge is 0.396 e. The maximum atomic E-state index is 8.97. The van der Waals surface area contributed by atoms with Crippen molar-refractivity contribution in [2.45, 2.75) is 96.3 Å². The van der Waals surface area contributed by atoms with Gasteiger partial charge in [-0.3, -0.25) is 16.0 Å². The quantitative estimate of drug-likeness (QED) is 0.395. The molecule has 1 rings (SSSR count). The van der Waals surface area contributed by atoms with Crippen molar-refractivity contribution in [1.82, 2.24) is 16.0 Å². The Bertz CT molecular complexity index is 224. The lowest BCUT2D eigenvalue weighted by Gasteiger charge is -2.33. The van der Waals surface area contributed by atoms with E-state index < -0.39 is 0 Å². The number of aliphatic hydroxyl groups excluding tert-OH is 1. The average molecular weight is 300 g/mol. The van der Waals surface area contributed by atoms with E-state index in [9.17, 15) is 0 Å². The molecule has 0 bridgehead atoms. The summed E-state index contributed by atoms with van der Waals surface area (Å²) in [5.74, 6) is 0. The molecule has 0 spiro atoms. The van der Waals surface area contributed by atoms with Crippen LogP contribution < -0.4 is 16.0 Å². The summed E-state index contributed by atoms with van der Waals surface area (Å²) in [6.45, 7) is 3.37. The van der Waals surface area contributed by atoms with E-state index in [2.05, 4.69) is 22.9 Å². The second kappa shape index (κ2) is 13.5. The lowest BCUT2D eigenvalue weighted by atomic mass is 10.1. The third kappa shape index (κ3) is 10.2. The first-order chi connectivity index (χ1) is 10.4. The van der Waals surface area contributed by atoms with E-state index in [1.807, 2.05) is 0 Å². The monoisotopic (exact) mass is 299 g/mol. The minimum atomic E-state index is 0.246. The van der Waals surface area contributed by atoms with Crippen molar-refractivity contribution in [1.29, 1.82) is 0 Å². The fraction of sp³-hybridized carbons (Fsp3) is 1.00. The lowest BCUT2D eigenvalue weighted by Crippen LogP contribution is -2.62. The summed E-state index contributed by atoms with van der Waals surface area (Å²) in [5.41, 5.74) is 0. The molecular weight excluding hydrogens is 262 g/mol. The molecule has 0 aliphatic carbocycles. The van der Waals surface area contributed by atoms with Crippen LogP contribution in [0.5, 0.6) is 0 Å². The van der Waals surface area contributed by atoms with Gasteiger partial charge in [-0.2, -0.15) is 0 Å². The van der Waals surface area contributed by atoms with Crippen LogP contribution in [0.25, 0.3) is 0 Å². The fourth-order valence-electron chi connectivity index (χ4n) is 3.00. The normalized spacial score (nSPS) is 22.6. The molecule has 0 amide bonds. The topological polar surface area (TPSA) is 56.3 Å². The van der Waals surface area contributed by atoms with Crippen molar-refractivity contribution in [3.63, 3.8) is 0 Å². The van der Waals surface area contributed by atoms with Crippen LogP contribution in [-0.4, -0.2) is 30.7 Å². The van der Waals surface area contributed by atoms with Crippen LogP contribution in [0.15, 0.2) is 0 Å². The molecule has 2 atom stereocenters. The highest BCUT2D eigenvalue weighted by molar-refractivity contribution is 4.76. The van der Waals surface area contributed by atoms with Gasteiger partial charge in [-0.1, -0.05) is 71.1 Å². The molecule has 0 radical (unpaired) electrons. The van der Waals surface area contributed by atoms with Crippen molar-refractivity contribution >= 4 is 0 Å². The van der Waals surface area contributed by atoms with Crippen LogP contribution in [0.3, 0.4) is 0 Å². The molecule has 1 fully saturated rings. The number of hydrogen-bond acceptors (Lipinski definition) is 4. The standard InChI is InChI=1S/C17H37N3O/c1-2-3-4-5-6-7-8-9-10-11-12-16-18-15-19-17(20-16)13-14-21/h16-21H,2-15H2,1H3. The number of hydrogen-bond donors (Lipinski definition) is 4. The highest BCUT2D eigenvalue weighted by Gasteiger charge is 2.18. The van der Waals surface area contributed by atoms with Crippen LogP contribution >= 0.6 is 0 Å². The summed E-state index contributed by atoms with van der Waals surface area (Å²) in [4.78, 5) is 0. The van der Waals surface area contributed by atoms with Gasteiger partial charge in [0, 0.05) is 13.3 Å². The number of aliphatic hydroxyl groups is 1. The van der Waals surface area contributed by atoms with Crippen molar-refractivity contribution in [3.05, 3.63) is 0 Å². The Labute approximate surface area is 131 Å². The fourth-order valence-corrected chi connectivity index (χ4v) is 3.00. The maximum absolute atomic E-state index is 8.97. The van der Waals surface area contributed by atoms with Crippen LogP contribution in [0, 0.1) is 0 Å². The summed E-state index contributed by atoms with van der Waals surface area (Å²) in [6.07, 6.45) is 16.6. The Morgan fingerprint density at radius 2 is 1.29 bits per heavy atom. The van der Waals surface area contributed by atoms with E-state index in [-0.39, 0.29) is 12.8 Å².